The third kappa shape index (κ3) is 1.26. The lowest BCUT2D eigenvalue weighted by molar-refractivity contribution is 0.0850. The van der Waals surface area contributed by atoms with Gasteiger partial charge in [-0.3, -0.25) is 0 Å². The second kappa shape index (κ2) is 2.06. The van der Waals surface area contributed by atoms with Crippen molar-refractivity contribution in [1.82, 2.24) is 0 Å². The van der Waals surface area contributed by atoms with E-state index in [0.717, 1.165) is 0 Å². The Morgan fingerprint density at radius 2 is 1.50 bits per heavy atom. The highest BCUT2D eigenvalue weighted by Gasteiger charge is 2.50. The van der Waals surface area contributed by atoms with Crippen LogP contribution in [0, 0.1) is 0 Å². The van der Waals surface area contributed by atoms with Gasteiger partial charge in [0.1, 0.15) is 0 Å². The summed E-state index contributed by atoms with van der Waals surface area (Å²) in [5.74, 6) is 0. The van der Waals surface area contributed by atoms with E-state index in [0.29, 0.717) is 0 Å². The molecule has 0 aliphatic carbocycles. The third-order valence-corrected chi connectivity index (χ3v) is 6.82. The molecular weight excluding hydrogens is 144 g/mol. The van der Waals surface area contributed by atoms with Crippen LogP contribution in [-0.2, 0) is 9.78 Å². The van der Waals surface area contributed by atoms with Crippen molar-refractivity contribution in [2.45, 2.75) is 44.8 Å². The van der Waals surface area contributed by atoms with E-state index < -0.39 is 8.07 Å². The molecule has 1 heterocycles. The van der Waals surface area contributed by atoms with Crippen molar-refractivity contribution in [3.05, 3.63) is 0 Å². The summed E-state index contributed by atoms with van der Waals surface area (Å²) in [6.45, 7) is 11.4. The normalized spacial score (nSPS) is 21.3. The minimum Gasteiger partial charge on any atom is -0.198 e. The molecule has 0 spiro atoms. The van der Waals surface area contributed by atoms with Crippen molar-refractivity contribution in [3.8, 4) is 0 Å². The van der Waals surface area contributed by atoms with Crippen molar-refractivity contribution < 1.29 is 9.78 Å². The maximum absolute atomic E-state index is 4.83. The van der Waals surface area contributed by atoms with Crippen molar-refractivity contribution in [2.75, 3.05) is 0 Å². The molecule has 0 radical (unpaired) electrons. The molecule has 0 unspecified atom stereocenters. The van der Waals surface area contributed by atoms with Crippen molar-refractivity contribution in [1.29, 1.82) is 0 Å². The molecule has 0 bridgehead atoms. The predicted molar refractivity (Wildman–Crippen MR) is 43.3 cm³/mol. The second-order valence-corrected chi connectivity index (χ2v) is 10.3. The van der Waals surface area contributed by atoms with Gasteiger partial charge in [-0.05, 0) is 0 Å². The maximum Gasteiger partial charge on any atom is 0.227 e. The number of hydrogen-bond acceptors (Lipinski definition) is 2. The molecule has 10 heavy (non-hydrogen) atoms. The molecule has 1 saturated heterocycles. The van der Waals surface area contributed by atoms with E-state index in [1.54, 1.807) is 0 Å². The summed E-state index contributed by atoms with van der Waals surface area (Å²) in [5, 5.41) is 0.243. The predicted octanol–water partition coefficient (Wildman–Crippen LogP) is 2.39. The Morgan fingerprint density at radius 1 is 1.10 bits per heavy atom. The van der Waals surface area contributed by atoms with Gasteiger partial charge in [-0.2, -0.15) is 9.78 Å². The summed E-state index contributed by atoms with van der Waals surface area (Å²) in [4.78, 5) is 9.67. The van der Waals surface area contributed by atoms with Gasteiger partial charge in [-0.1, -0.05) is 33.5 Å². The molecule has 2 nitrogen and oxygen atoms in total. The first-order chi connectivity index (χ1) is 4.36. The van der Waals surface area contributed by atoms with Crippen LogP contribution in [0.5, 0.6) is 0 Å². The summed E-state index contributed by atoms with van der Waals surface area (Å²) in [6, 6.07) is 0. The monoisotopic (exact) mass is 160 g/mol. The SMILES string of the molecule is CC(C)(C1OO1)[Si](C)(C)C. The fraction of sp³-hybridized carbons (Fsp3) is 1.00. The van der Waals surface area contributed by atoms with Gasteiger partial charge in [-0.25, -0.2) is 0 Å². The summed E-state index contributed by atoms with van der Waals surface area (Å²) in [6.07, 6.45) is 0.0687. The average Bonchev–Trinajstić information content (AvgIpc) is 2.38. The summed E-state index contributed by atoms with van der Waals surface area (Å²) in [5.41, 5.74) is 0. The highest BCUT2D eigenvalue weighted by atomic mass is 28.3. The zero-order chi connectivity index (χ0) is 7.99. The minimum absolute atomic E-state index is 0.0687. The Labute approximate surface area is 63.5 Å². The molecule has 0 aromatic heterocycles. The average molecular weight is 160 g/mol. The van der Waals surface area contributed by atoms with E-state index in [2.05, 4.69) is 33.5 Å². The largest absolute Gasteiger partial charge is 0.227 e. The molecule has 1 aliphatic heterocycles. The zero-order valence-electron chi connectivity index (χ0n) is 7.39. The molecular formula is C7H16O2Si. The van der Waals surface area contributed by atoms with Gasteiger partial charge in [0.25, 0.3) is 0 Å². The van der Waals surface area contributed by atoms with Crippen LogP contribution in [0.3, 0.4) is 0 Å². The molecule has 1 aliphatic rings. The zero-order valence-corrected chi connectivity index (χ0v) is 8.39. The van der Waals surface area contributed by atoms with E-state index in [9.17, 15) is 0 Å². The molecule has 3 heteroatoms. The van der Waals surface area contributed by atoms with Crippen molar-refractivity contribution in [2.24, 2.45) is 0 Å². The lowest BCUT2D eigenvalue weighted by Crippen LogP contribution is -2.38. The smallest absolute Gasteiger partial charge is 0.198 e. The van der Waals surface area contributed by atoms with E-state index in [4.69, 9.17) is 9.78 Å². The van der Waals surface area contributed by atoms with Crippen LogP contribution in [0.4, 0.5) is 0 Å². The maximum atomic E-state index is 4.83. The van der Waals surface area contributed by atoms with Crippen molar-refractivity contribution >= 4 is 8.07 Å². The first-order valence-corrected chi connectivity index (χ1v) is 7.18. The first-order valence-electron chi connectivity index (χ1n) is 3.68. The Kier molecular flexibility index (Phi) is 1.70. The highest BCUT2D eigenvalue weighted by molar-refractivity contribution is 6.79. The molecule has 0 aromatic carbocycles. The molecule has 1 fully saturated rings. The van der Waals surface area contributed by atoms with Gasteiger partial charge < -0.3 is 0 Å². The summed E-state index contributed by atoms with van der Waals surface area (Å²) < 4.78 is 0. The summed E-state index contributed by atoms with van der Waals surface area (Å²) in [7, 11) is -1.14. The van der Waals surface area contributed by atoms with Crippen LogP contribution in [-0.4, -0.2) is 14.4 Å². The van der Waals surface area contributed by atoms with Crippen LogP contribution >= 0.6 is 0 Å². The standard InChI is InChI=1S/C7H16O2Si/c1-7(2,6-8-9-6)10(3,4)5/h6H,1-5H3. The minimum atomic E-state index is -1.14. The molecule has 0 atom stereocenters. The van der Waals surface area contributed by atoms with Crippen LogP contribution in [0.15, 0.2) is 0 Å². The quantitative estimate of drug-likeness (QED) is 0.352. The second-order valence-electron chi connectivity index (χ2n) is 4.50. The molecule has 0 N–H and O–H groups in total. The Balaban J connectivity index is 2.66. The van der Waals surface area contributed by atoms with Gasteiger partial charge in [0.05, 0.1) is 8.07 Å². The fourth-order valence-electron chi connectivity index (χ4n) is 0.622. The lowest BCUT2D eigenvalue weighted by atomic mass is 10.2. The molecule has 0 aromatic rings. The van der Waals surface area contributed by atoms with E-state index in [1.807, 2.05) is 0 Å². The van der Waals surface area contributed by atoms with Crippen LogP contribution in [0.2, 0.25) is 24.7 Å². The van der Waals surface area contributed by atoms with Gasteiger partial charge in [0.15, 0.2) is 0 Å². The van der Waals surface area contributed by atoms with E-state index >= 15 is 0 Å². The summed E-state index contributed by atoms with van der Waals surface area (Å²) >= 11 is 0. The van der Waals surface area contributed by atoms with Crippen LogP contribution in [0.25, 0.3) is 0 Å². The number of rotatable bonds is 2. The molecule has 0 saturated carbocycles. The van der Waals surface area contributed by atoms with Crippen molar-refractivity contribution in [3.63, 3.8) is 0 Å². The van der Waals surface area contributed by atoms with E-state index in [1.165, 1.54) is 0 Å². The van der Waals surface area contributed by atoms with Gasteiger partial charge in [0, 0.05) is 5.04 Å². The first kappa shape index (κ1) is 8.24. The van der Waals surface area contributed by atoms with Gasteiger partial charge in [-0.15, -0.1) is 0 Å². The topological polar surface area (TPSA) is 25.1 Å². The Hall–Kier alpha value is 0.137. The van der Waals surface area contributed by atoms with Crippen LogP contribution in [0.1, 0.15) is 13.8 Å². The van der Waals surface area contributed by atoms with Crippen LogP contribution < -0.4 is 0 Å². The molecule has 0 amide bonds. The number of hydrogen-bond donors (Lipinski definition) is 0. The molecule has 1 rings (SSSR count). The Bertz CT molecular complexity index is 133. The Morgan fingerprint density at radius 3 is 1.60 bits per heavy atom. The fourth-order valence-corrected chi connectivity index (χ4v) is 1.43. The molecule has 60 valence electrons. The third-order valence-electron chi connectivity index (χ3n) is 2.71. The van der Waals surface area contributed by atoms with E-state index in [-0.39, 0.29) is 11.3 Å². The van der Waals surface area contributed by atoms with Gasteiger partial charge in [0.2, 0.25) is 6.29 Å². The lowest BCUT2D eigenvalue weighted by Gasteiger charge is -2.33. The highest BCUT2D eigenvalue weighted by Crippen LogP contribution is 2.47. The van der Waals surface area contributed by atoms with Gasteiger partial charge >= 0.3 is 0 Å².